The fourth-order valence-electron chi connectivity index (χ4n) is 7.17. The lowest BCUT2D eigenvalue weighted by Crippen LogP contribution is -2.63. The van der Waals surface area contributed by atoms with Gasteiger partial charge in [0.1, 0.15) is 23.2 Å². The van der Waals surface area contributed by atoms with E-state index in [0.29, 0.717) is 34.7 Å². The van der Waals surface area contributed by atoms with Gasteiger partial charge in [0.15, 0.2) is 23.0 Å². The Hall–Kier alpha value is -4.56. The summed E-state index contributed by atoms with van der Waals surface area (Å²) in [5, 5.41) is 0. The van der Waals surface area contributed by atoms with Crippen molar-refractivity contribution in [1.82, 2.24) is 38.8 Å². The molecule has 0 atom stereocenters. The molecule has 7 rings (SSSR count). The summed E-state index contributed by atoms with van der Waals surface area (Å²) in [5.41, 5.74) is 6.61. The molecule has 0 saturated carbocycles. The Morgan fingerprint density at radius 2 is 1.56 bits per heavy atom. The summed E-state index contributed by atoms with van der Waals surface area (Å²) in [4.78, 5) is 45.8. The second-order valence-electron chi connectivity index (χ2n) is 13.9. The van der Waals surface area contributed by atoms with E-state index >= 15 is 4.39 Å². The van der Waals surface area contributed by atoms with E-state index in [1.165, 1.54) is 23.0 Å². The van der Waals surface area contributed by atoms with E-state index in [0.717, 1.165) is 65.0 Å². The number of likely N-dealkylation sites (tertiary alicyclic amines) is 3. The van der Waals surface area contributed by atoms with Crippen LogP contribution in [0.5, 0.6) is 11.5 Å². The predicted octanol–water partition coefficient (Wildman–Crippen LogP) is 4.21. The van der Waals surface area contributed by atoms with E-state index in [9.17, 15) is 9.59 Å². The van der Waals surface area contributed by atoms with Crippen LogP contribution in [0.1, 0.15) is 52.5 Å². The third kappa shape index (κ3) is 6.33. The SMILES string of the molecule is CC(C)(C)OC(=O)N1CC(N2CCC(N3CCC(n4c(=O)n(-c5ccc(Oc6ccncc6)c(F)c5)c5c(N)ncnc54)CC3)CC2)C1. The van der Waals surface area contributed by atoms with E-state index in [4.69, 9.17) is 15.2 Å². The van der Waals surface area contributed by atoms with Crippen LogP contribution in [0, 0.1) is 5.82 Å². The van der Waals surface area contributed by atoms with Gasteiger partial charge in [-0.05, 0) is 70.7 Å². The van der Waals surface area contributed by atoms with E-state index in [1.807, 2.05) is 20.8 Å². The third-order valence-electron chi connectivity index (χ3n) is 9.64. The number of aromatic nitrogens is 5. The van der Waals surface area contributed by atoms with Gasteiger partial charge in [-0.1, -0.05) is 0 Å². The highest BCUT2D eigenvalue weighted by Gasteiger charge is 2.39. The number of hydrogen-bond acceptors (Lipinski definition) is 10. The van der Waals surface area contributed by atoms with Crippen molar-refractivity contribution in [1.29, 1.82) is 0 Å². The number of nitrogens with zero attached hydrogens (tertiary/aromatic N) is 8. The number of hydrogen-bond donors (Lipinski definition) is 1. The molecule has 0 radical (unpaired) electrons. The van der Waals surface area contributed by atoms with Crippen LogP contribution in [-0.2, 0) is 4.74 Å². The normalized spacial score (nSPS) is 19.0. The first-order chi connectivity index (χ1) is 23.1. The number of imidazole rings is 1. The third-order valence-corrected chi connectivity index (χ3v) is 9.64. The van der Waals surface area contributed by atoms with Gasteiger partial charge in [-0.25, -0.2) is 23.9 Å². The van der Waals surface area contributed by atoms with Gasteiger partial charge in [0.25, 0.3) is 0 Å². The number of nitrogen functional groups attached to an aromatic ring is 1. The first kappa shape index (κ1) is 32.0. The Balaban J connectivity index is 1.00. The summed E-state index contributed by atoms with van der Waals surface area (Å²) < 4.78 is 29.6. The second-order valence-corrected chi connectivity index (χ2v) is 13.9. The van der Waals surface area contributed by atoms with Gasteiger partial charge < -0.3 is 25.0 Å². The smallest absolute Gasteiger partial charge is 0.410 e. The van der Waals surface area contributed by atoms with Crippen LogP contribution in [0.15, 0.2) is 53.8 Å². The molecule has 0 aliphatic carbocycles. The zero-order valence-corrected chi connectivity index (χ0v) is 27.6. The minimum absolute atomic E-state index is 0.0274. The zero-order chi connectivity index (χ0) is 33.6. The number of fused-ring (bicyclic) bond motifs is 1. The van der Waals surface area contributed by atoms with Crippen molar-refractivity contribution in [3.05, 3.63) is 65.4 Å². The lowest BCUT2D eigenvalue weighted by Gasteiger charge is -2.49. The molecule has 3 aromatic heterocycles. The molecule has 13 nitrogen and oxygen atoms in total. The van der Waals surface area contributed by atoms with Gasteiger partial charge in [-0.3, -0.25) is 19.0 Å². The molecular weight excluding hydrogens is 617 g/mol. The maximum atomic E-state index is 15.3. The first-order valence-corrected chi connectivity index (χ1v) is 16.6. The molecule has 3 fully saturated rings. The fraction of sp³-hybridized carbons (Fsp3) is 0.500. The minimum Gasteiger partial charge on any atom is -0.454 e. The average molecular weight is 660 g/mol. The number of benzene rings is 1. The Morgan fingerprint density at radius 3 is 2.21 bits per heavy atom. The van der Waals surface area contributed by atoms with E-state index in [2.05, 4.69) is 24.8 Å². The number of amides is 1. The molecule has 254 valence electrons. The van der Waals surface area contributed by atoms with Crippen molar-refractivity contribution in [2.24, 2.45) is 0 Å². The van der Waals surface area contributed by atoms with Crippen LogP contribution < -0.4 is 16.2 Å². The van der Waals surface area contributed by atoms with Crippen molar-refractivity contribution in [2.75, 3.05) is 45.0 Å². The van der Waals surface area contributed by atoms with Crippen molar-refractivity contribution in [3.63, 3.8) is 0 Å². The number of piperidine rings is 2. The largest absolute Gasteiger partial charge is 0.454 e. The molecule has 1 amide bonds. The number of halogens is 1. The van der Waals surface area contributed by atoms with Gasteiger partial charge in [-0.2, -0.15) is 0 Å². The van der Waals surface area contributed by atoms with E-state index in [1.54, 1.807) is 40.1 Å². The molecule has 2 N–H and O–H groups in total. The van der Waals surface area contributed by atoms with E-state index < -0.39 is 11.4 Å². The topological polar surface area (TPSA) is 137 Å². The molecule has 3 aliphatic heterocycles. The maximum Gasteiger partial charge on any atom is 0.410 e. The Morgan fingerprint density at radius 1 is 0.917 bits per heavy atom. The summed E-state index contributed by atoms with van der Waals surface area (Å²) in [5.74, 6) is 0.00684. The summed E-state index contributed by atoms with van der Waals surface area (Å²) in [6.07, 6.45) is 7.96. The predicted molar refractivity (Wildman–Crippen MR) is 178 cm³/mol. The number of rotatable bonds is 6. The monoisotopic (exact) mass is 659 g/mol. The molecule has 3 saturated heterocycles. The number of carbonyl (C=O) groups is 1. The van der Waals surface area contributed by atoms with Gasteiger partial charge >= 0.3 is 11.8 Å². The summed E-state index contributed by atoms with van der Waals surface area (Å²) in [7, 11) is 0. The standard InChI is InChI=1S/C34H42FN9O4/c1-34(2,3)48-33(46)42-19-25(20-42)41-14-8-22(9-15-41)40-16-10-23(11-17-40)44-31-29(30(36)38-21-39-31)43(32(44)45)24-4-5-28(27(35)18-24)47-26-6-12-37-13-7-26/h4-7,12-13,18,21-23,25H,8-11,14-17,19-20H2,1-3H3,(H2,36,38,39). The molecule has 48 heavy (non-hydrogen) atoms. The van der Waals surface area contributed by atoms with Gasteiger partial charge in [0, 0.05) is 75.9 Å². The average Bonchev–Trinajstić information content (AvgIpc) is 3.34. The van der Waals surface area contributed by atoms with Crippen molar-refractivity contribution >= 4 is 23.1 Å². The van der Waals surface area contributed by atoms with Crippen molar-refractivity contribution in [3.8, 4) is 17.2 Å². The first-order valence-electron chi connectivity index (χ1n) is 16.6. The number of ether oxygens (including phenoxy) is 2. The second kappa shape index (κ2) is 12.8. The molecule has 4 aromatic rings. The number of anilines is 1. The van der Waals surface area contributed by atoms with Crippen LogP contribution >= 0.6 is 0 Å². The highest BCUT2D eigenvalue weighted by molar-refractivity contribution is 5.84. The lowest BCUT2D eigenvalue weighted by molar-refractivity contribution is -0.0258. The number of pyridine rings is 1. The summed E-state index contributed by atoms with van der Waals surface area (Å²) in [6, 6.07) is 8.45. The quantitative estimate of drug-likeness (QED) is 0.321. The minimum atomic E-state index is -0.621. The molecule has 0 unspecified atom stereocenters. The number of nitrogens with two attached hydrogens (primary N) is 1. The lowest BCUT2D eigenvalue weighted by atomic mass is 9.95. The Bertz CT molecular complexity index is 1840. The molecular formula is C34H42FN9O4. The molecule has 0 bridgehead atoms. The Labute approximate surface area is 278 Å². The van der Waals surface area contributed by atoms with Crippen molar-refractivity contribution < 1.29 is 18.7 Å². The fourth-order valence-corrected chi connectivity index (χ4v) is 7.17. The molecule has 6 heterocycles. The molecule has 14 heteroatoms. The van der Waals surface area contributed by atoms with Crippen LogP contribution in [0.25, 0.3) is 16.9 Å². The van der Waals surface area contributed by atoms with Crippen LogP contribution in [0.4, 0.5) is 15.0 Å². The highest BCUT2D eigenvalue weighted by atomic mass is 19.1. The molecule has 1 aromatic carbocycles. The summed E-state index contributed by atoms with van der Waals surface area (Å²) in [6.45, 7) is 10.8. The zero-order valence-electron chi connectivity index (χ0n) is 27.6. The molecule has 3 aliphatic rings. The highest BCUT2D eigenvalue weighted by Crippen LogP contribution is 2.32. The molecule has 0 spiro atoms. The van der Waals surface area contributed by atoms with Crippen LogP contribution in [0.3, 0.4) is 0 Å². The van der Waals surface area contributed by atoms with Gasteiger partial charge in [0.2, 0.25) is 0 Å². The van der Waals surface area contributed by atoms with Crippen molar-refractivity contribution in [2.45, 2.75) is 70.2 Å². The summed E-state index contributed by atoms with van der Waals surface area (Å²) >= 11 is 0. The maximum absolute atomic E-state index is 15.3. The van der Waals surface area contributed by atoms with E-state index in [-0.39, 0.29) is 29.4 Å². The van der Waals surface area contributed by atoms with Gasteiger partial charge in [-0.15, -0.1) is 0 Å². The van der Waals surface area contributed by atoms with Crippen LogP contribution in [0.2, 0.25) is 0 Å². The van der Waals surface area contributed by atoms with Crippen LogP contribution in [-0.4, -0.2) is 102 Å². The number of carbonyl (C=O) groups excluding carboxylic acids is 1. The van der Waals surface area contributed by atoms with Gasteiger partial charge in [0.05, 0.1) is 5.69 Å². The Kier molecular flexibility index (Phi) is 8.54.